The van der Waals surface area contributed by atoms with Crippen LogP contribution in [-0.4, -0.2) is 28.4 Å². The summed E-state index contributed by atoms with van der Waals surface area (Å²) in [5.74, 6) is -1.47. The van der Waals surface area contributed by atoms with E-state index >= 15 is 0 Å². The Bertz CT molecular complexity index is 1610. The molecule has 3 N–H and O–H groups in total. The van der Waals surface area contributed by atoms with Crippen molar-refractivity contribution in [1.29, 1.82) is 0 Å². The zero-order valence-electron chi connectivity index (χ0n) is 21.1. The van der Waals surface area contributed by atoms with Crippen LogP contribution in [0.2, 0.25) is 0 Å². The molecule has 0 spiro atoms. The standard InChI is InChI=1S/C28H22F6N4O3/c29-27(30,31)19-8-3-1-6-15(19)14-35-25(39)18-12-16(13-21-23(18)38-24(37-21)22-10-5-11-41-22)36-26(40)17-7-2-4-9-20(17)28(32,33)34/h1-4,6-9,12-13,22H,5,10-11,14H2,(H,35,39)(H,36,40)(H,37,38)/t22-/m1/s1. The fraction of sp³-hybridized carbons (Fsp3) is 0.250. The number of nitrogens with one attached hydrogen (secondary N) is 3. The highest BCUT2D eigenvalue weighted by molar-refractivity contribution is 6.10. The van der Waals surface area contributed by atoms with Gasteiger partial charge in [0.15, 0.2) is 0 Å². The third-order valence-electron chi connectivity index (χ3n) is 6.58. The number of hydrogen-bond donors (Lipinski definition) is 3. The van der Waals surface area contributed by atoms with Gasteiger partial charge in [0.1, 0.15) is 17.4 Å². The predicted molar refractivity (Wildman–Crippen MR) is 136 cm³/mol. The summed E-state index contributed by atoms with van der Waals surface area (Å²) in [6, 6.07) is 11.6. The number of ether oxygens (including phenoxy) is 1. The van der Waals surface area contributed by atoms with Crippen molar-refractivity contribution in [2.45, 2.75) is 37.8 Å². The maximum absolute atomic E-state index is 13.5. The van der Waals surface area contributed by atoms with E-state index in [-0.39, 0.29) is 34.0 Å². The molecule has 0 bridgehead atoms. The van der Waals surface area contributed by atoms with Crippen molar-refractivity contribution in [2.24, 2.45) is 0 Å². The van der Waals surface area contributed by atoms with Gasteiger partial charge in [-0.15, -0.1) is 0 Å². The van der Waals surface area contributed by atoms with Gasteiger partial charge in [-0.2, -0.15) is 26.3 Å². The molecule has 0 unspecified atom stereocenters. The third-order valence-corrected chi connectivity index (χ3v) is 6.58. The molecular weight excluding hydrogens is 554 g/mol. The van der Waals surface area contributed by atoms with Crippen molar-refractivity contribution in [3.05, 3.63) is 94.3 Å². The highest BCUT2D eigenvalue weighted by atomic mass is 19.4. The Morgan fingerprint density at radius 1 is 0.902 bits per heavy atom. The summed E-state index contributed by atoms with van der Waals surface area (Å²) in [7, 11) is 0. The lowest BCUT2D eigenvalue weighted by atomic mass is 10.1. The van der Waals surface area contributed by atoms with Crippen LogP contribution in [0.3, 0.4) is 0 Å². The first-order chi connectivity index (χ1) is 19.4. The number of benzene rings is 3. The lowest BCUT2D eigenvalue weighted by Gasteiger charge is -2.14. The van der Waals surface area contributed by atoms with Crippen LogP contribution in [0.4, 0.5) is 32.0 Å². The van der Waals surface area contributed by atoms with Crippen molar-refractivity contribution in [2.75, 3.05) is 11.9 Å². The SMILES string of the molecule is O=C(Nc1cc(C(=O)NCc2ccccc2C(F)(F)F)c2nc([C@H]3CCCO3)[nH]c2c1)c1ccccc1C(F)(F)F. The first kappa shape index (κ1) is 28.1. The van der Waals surface area contributed by atoms with Crippen molar-refractivity contribution < 1.29 is 40.7 Å². The normalized spacial score (nSPS) is 15.7. The minimum atomic E-state index is -4.78. The molecule has 4 aromatic rings. The molecule has 1 saturated heterocycles. The van der Waals surface area contributed by atoms with Crippen LogP contribution in [0, 0.1) is 0 Å². The van der Waals surface area contributed by atoms with Crippen LogP contribution < -0.4 is 10.6 Å². The largest absolute Gasteiger partial charge is 0.417 e. The number of hydrogen-bond acceptors (Lipinski definition) is 4. The van der Waals surface area contributed by atoms with Gasteiger partial charge in [-0.1, -0.05) is 30.3 Å². The van der Waals surface area contributed by atoms with E-state index in [1.807, 2.05) is 0 Å². The van der Waals surface area contributed by atoms with Crippen LogP contribution in [0.5, 0.6) is 0 Å². The van der Waals surface area contributed by atoms with Crippen LogP contribution in [0.1, 0.15) is 62.2 Å². The monoisotopic (exact) mass is 576 g/mol. The average Bonchev–Trinajstić information content (AvgIpc) is 3.61. The lowest BCUT2D eigenvalue weighted by molar-refractivity contribution is -0.138. The Morgan fingerprint density at radius 3 is 2.27 bits per heavy atom. The first-order valence-electron chi connectivity index (χ1n) is 12.5. The highest BCUT2D eigenvalue weighted by Gasteiger charge is 2.35. The van der Waals surface area contributed by atoms with Crippen LogP contribution in [0.25, 0.3) is 11.0 Å². The number of fused-ring (bicyclic) bond motifs is 1. The van der Waals surface area contributed by atoms with E-state index in [1.165, 1.54) is 36.4 Å². The molecule has 13 heteroatoms. The molecule has 0 aliphatic carbocycles. The van der Waals surface area contributed by atoms with Crippen molar-refractivity contribution >= 4 is 28.5 Å². The second kappa shape index (κ2) is 10.9. The van der Waals surface area contributed by atoms with E-state index < -0.39 is 47.4 Å². The van der Waals surface area contributed by atoms with Gasteiger partial charge < -0.3 is 20.4 Å². The Hall–Kier alpha value is -4.39. The molecule has 0 saturated carbocycles. The zero-order chi connectivity index (χ0) is 29.4. The number of alkyl halides is 6. The molecule has 2 heterocycles. The van der Waals surface area contributed by atoms with Crippen molar-refractivity contribution in [1.82, 2.24) is 15.3 Å². The molecule has 1 aliphatic rings. The van der Waals surface area contributed by atoms with Crippen molar-refractivity contribution in [3.63, 3.8) is 0 Å². The number of nitrogens with zero attached hydrogens (tertiary/aromatic N) is 1. The van der Waals surface area contributed by atoms with E-state index in [2.05, 4.69) is 20.6 Å². The molecule has 2 amide bonds. The summed E-state index contributed by atoms with van der Waals surface area (Å²) in [5.41, 5.74) is -2.53. The molecule has 41 heavy (non-hydrogen) atoms. The predicted octanol–water partition coefficient (Wildman–Crippen LogP) is 6.63. The minimum Gasteiger partial charge on any atom is -0.370 e. The molecule has 5 rings (SSSR count). The van der Waals surface area contributed by atoms with E-state index in [0.717, 1.165) is 30.7 Å². The second-order valence-corrected chi connectivity index (χ2v) is 9.38. The first-order valence-corrected chi connectivity index (χ1v) is 12.5. The Morgan fingerprint density at radius 2 is 1.59 bits per heavy atom. The number of H-pyrrole nitrogens is 1. The summed E-state index contributed by atoms with van der Waals surface area (Å²) in [5, 5.41) is 4.85. The van der Waals surface area contributed by atoms with Gasteiger partial charge in [0.05, 0.1) is 27.8 Å². The summed E-state index contributed by atoms with van der Waals surface area (Å²) in [4.78, 5) is 33.7. The van der Waals surface area contributed by atoms with Gasteiger partial charge in [0.25, 0.3) is 11.8 Å². The minimum absolute atomic E-state index is 0.0251. The second-order valence-electron chi connectivity index (χ2n) is 9.38. The summed E-state index contributed by atoms with van der Waals surface area (Å²) < 4.78 is 86.3. The summed E-state index contributed by atoms with van der Waals surface area (Å²) in [6.07, 6.45) is -8.35. The maximum atomic E-state index is 13.5. The Balaban J connectivity index is 1.49. The number of aromatic nitrogens is 2. The molecule has 0 radical (unpaired) electrons. The number of halogens is 6. The van der Waals surface area contributed by atoms with Gasteiger partial charge in [-0.3, -0.25) is 9.59 Å². The summed E-state index contributed by atoms with van der Waals surface area (Å²) >= 11 is 0. The fourth-order valence-electron chi connectivity index (χ4n) is 4.68. The number of rotatable bonds is 6. The van der Waals surface area contributed by atoms with Gasteiger partial charge >= 0.3 is 12.4 Å². The molecule has 1 aromatic heterocycles. The van der Waals surface area contributed by atoms with Crippen molar-refractivity contribution in [3.8, 4) is 0 Å². The quantitative estimate of drug-likeness (QED) is 0.225. The lowest BCUT2D eigenvalue weighted by Crippen LogP contribution is -2.25. The third kappa shape index (κ3) is 6.04. The average molecular weight is 576 g/mol. The molecule has 3 aromatic carbocycles. The Kier molecular flexibility index (Phi) is 7.47. The molecule has 1 atom stereocenters. The number of amides is 2. The number of carbonyl (C=O) groups excluding carboxylic acids is 2. The number of carbonyl (C=O) groups is 2. The van der Waals surface area contributed by atoms with Gasteiger partial charge in [0.2, 0.25) is 0 Å². The number of anilines is 1. The maximum Gasteiger partial charge on any atom is 0.417 e. The number of imidazole rings is 1. The topological polar surface area (TPSA) is 96.1 Å². The number of aromatic amines is 1. The summed E-state index contributed by atoms with van der Waals surface area (Å²) in [6.45, 7) is 0.0438. The van der Waals surface area contributed by atoms with E-state index in [1.54, 1.807) is 0 Å². The van der Waals surface area contributed by atoms with E-state index in [0.29, 0.717) is 18.9 Å². The molecule has 1 fully saturated rings. The van der Waals surface area contributed by atoms with E-state index in [9.17, 15) is 35.9 Å². The van der Waals surface area contributed by atoms with Gasteiger partial charge in [0, 0.05) is 18.8 Å². The zero-order valence-corrected chi connectivity index (χ0v) is 21.1. The molecule has 214 valence electrons. The smallest absolute Gasteiger partial charge is 0.370 e. The van der Waals surface area contributed by atoms with E-state index in [4.69, 9.17) is 4.74 Å². The molecule has 7 nitrogen and oxygen atoms in total. The highest BCUT2D eigenvalue weighted by Crippen LogP contribution is 2.34. The molecular formula is C28H22F6N4O3. The molecule has 1 aliphatic heterocycles. The fourth-order valence-corrected chi connectivity index (χ4v) is 4.68. The van der Waals surface area contributed by atoms with Gasteiger partial charge in [-0.25, -0.2) is 4.98 Å². The Labute approximate surface area is 228 Å². The van der Waals surface area contributed by atoms with Crippen LogP contribution in [0.15, 0.2) is 60.7 Å². The van der Waals surface area contributed by atoms with Gasteiger partial charge in [-0.05, 0) is 48.7 Å². The van der Waals surface area contributed by atoms with Crippen LogP contribution in [-0.2, 0) is 23.6 Å². The van der Waals surface area contributed by atoms with Crippen LogP contribution >= 0.6 is 0 Å².